The van der Waals surface area contributed by atoms with Crippen molar-refractivity contribution in [2.75, 3.05) is 5.32 Å². The molecule has 0 amide bonds. The zero-order valence-electron chi connectivity index (χ0n) is 10.8. The van der Waals surface area contributed by atoms with Crippen LogP contribution in [0.2, 0.25) is 0 Å². The van der Waals surface area contributed by atoms with Crippen molar-refractivity contribution in [3.8, 4) is 0 Å². The van der Waals surface area contributed by atoms with Crippen LogP contribution in [-0.4, -0.2) is 21.0 Å². The SMILES string of the molecule is O=C(O)c1cc(Nc2nc(C3CC3)cs2)ccc1[N+](=O)[O-]. The molecule has 0 saturated heterocycles. The van der Waals surface area contributed by atoms with Crippen LogP contribution in [0.4, 0.5) is 16.5 Å². The third kappa shape index (κ3) is 2.84. The van der Waals surface area contributed by atoms with Crippen molar-refractivity contribution in [3.63, 3.8) is 0 Å². The number of thiazole rings is 1. The number of nitro benzene ring substituents is 1. The number of aromatic nitrogens is 1. The molecule has 0 aliphatic heterocycles. The normalized spacial score (nSPS) is 13.9. The number of nitrogens with one attached hydrogen (secondary N) is 1. The van der Waals surface area contributed by atoms with E-state index in [1.165, 1.54) is 29.5 Å². The van der Waals surface area contributed by atoms with Crippen LogP contribution < -0.4 is 5.32 Å². The Morgan fingerprint density at radius 1 is 1.48 bits per heavy atom. The molecule has 0 unspecified atom stereocenters. The van der Waals surface area contributed by atoms with Crippen molar-refractivity contribution < 1.29 is 14.8 Å². The van der Waals surface area contributed by atoms with Crippen LogP contribution in [0.1, 0.15) is 34.8 Å². The van der Waals surface area contributed by atoms with Crippen LogP contribution in [0, 0.1) is 10.1 Å². The van der Waals surface area contributed by atoms with Gasteiger partial charge in [0.2, 0.25) is 0 Å². The van der Waals surface area contributed by atoms with E-state index >= 15 is 0 Å². The van der Waals surface area contributed by atoms with Gasteiger partial charge in [0, 0.05) is 23.1 Å². The second-order valence-corrected chi connectivity index (χ2v) is 5.63. The second kappa shape index (κ2) is 5.13. The average Bonchev–Trinajstić information content (AvgIpc) is 3.19. The largest absolute Gasteiger partial charge is 0.477 e. The van der Waals surface area contributed by atoms with Crippen LogP contribution in [0.3, 0.4) is 0 Å². The van der Waals surface area contributed by atoms with Gasteiger partial charge < -0.3 is 10.4 Å². The summed E-state index contributed by atoms with van der Waals surface area (Å²) in [5.74, 6) is -0.786. The predicted octanol–water partition coefficient (Wildman–Crippen LogP) is 3.37. The summed E-state index contributed by atoms with van der Waals surface area (Å²) < 4.78 is 0. The number of carboxylic acid groups (broad SMARTS) is 1. The van der Waals surface area contributed by atoms with Gasteiger partial charge in [0.1, 0.15) is 5.56 Å². The molecular weight excluding hydrogens is 294 g/mol. The lowest BCUT2D eigenvalue weighted by Gasteiger charge is -2.04. The van der Waals surface area contributed by atoms with Gasteiger partial charge >= 0.3 is 5.97 Å². The Morgan fingerprint density at radius 3 is 2.86 bits per heavy atom. The number of nitro groups is 1. The van der Waals surface area contributed by atoms with E-state index in [2.05, 4.69) is 10.3 Å². The number of hydrogen-bond acceptors (Lipinski definition) is 6. The minimum absolute atomic E-state index is 0.344. The maximum Gasteiger partial charge on any atom is 0.342 e. The lowest BCUT2D eigenvalue weighted by Crippen LogP contribution is -2.03. The van der Waals surface area contributed by atoms with Gasteiger partial charge in [-0.25, -0.2) is 9.78 Å². The van der Waals surface area contributed by atoms with E-state index in [1.54, 1.807) is 0 Å². The number of carbonyl (C=O) groups is 1. The summed E-state index contributed by atoms with van der Waals surface area (Å²) in [6, 6.07) is 3.91. The Labute approximate surface area is 123 Å². The third-order valence-electron chi connectivity index (χ3n) is 3.19. The minimum Gasteiger partial charge on any atom is -0.477 e. The van der Waals surface area contributed by atoms with Crippen LogP contribution in [0.25, 0.3) is 0 Å². The Kier molecular flexibility index (Phi) is 3.30. The van der Waals surface area contributed by atoms with Crippen LogP contribution in [0.5, 0.6) is 0 Å². The number of aromatic carboxylic acids is 1. The quantitative estimate of drug-likeness (QED) is 0.648. The van der Waals surface area contributed by atoms with Crippen molar-refractivity contribution in [1.29, 1.82) is 0 Å². The maximum atomic E-state index is 11.1. The van der Waals surface area contributed by atoms with Crippen LogP contribution in [-0.2, 0) is 0 Å². The molecule has 21 heavy (non-hydrogen) atoms. The van der Waals surface area contributed by atoms with E-state index < -0.39 is 16.6 Å². The number of rotatable bonds is 5. The molecule has 0 spiro atoms. The van der Waals surface area contributed by atoms with E-state index in [1.807, 2.05) is 5.38 Å². The first-order chi connectivity index (χ1) is 10.0. The zero-order chi connectivity index (χ0) is 15.0. The summed E-state index contributed by atoms with van der Waals surface area (Å²) in [4.78, 5) is 25.6. The summed E-state index contributed by atoms with van der Waals surface area (Å²) >= 11 is 1.43. The molecule has 7 nitrogen and oxygen atoms in total. The highest BCUT2D eigenvalue weighted by atomic mass is 32.1. The molecular formula is C13H11N3O4S. The van der Waals surface area contributed by atoms with E-state index in [-0.39, 0.29) is 5.56 Å². The molecule has 1 aliphatic carbocycles. The first kappa shape index (κ1) is 13.5. The molecule has 1 aromatic carbocycles. The Balaban J connectivity index is 1.85. The van der Waals surface area contributed by atoms with Gasteiger partial charge in [-0.15, -0.1) is 11.3 Å². The zero-order valence-corrected chi connectivity index (χ0v) is 11.6. The molecule has 8 heteroatoms. The molecule has 0 bridgehead atoms. The number of nitrogens with zero attached hydrogens (tertiary/aromatic N) is 2. The lowest BCUT2D eigenvalue weighted by molar-refractivity contribution is -0.385. The summed E-state index contributed by atoms with van der Waals surface area (Å²) in [5.41, 5.74) is 0.743. The van der Waals surface area contributed by atoms with Crippen LogP contribution in [0.15, 0.2) is 23.6 Å². The molecule has 1 aliphatic rings. The van der Waals surface area contributed by atoms with Gasteiger partial charge in [0.25, 0.3) is 5.69 Å². The number of anilines is 2. The highest BCUT2D eigenvalue weighted by Crippen LogP contribution is 2.41. The van der Waals surface area contributed by atoms with Gasteiger partial charge in [-0.1, -0.05) is 0 Å². The van der Waals surface area contributed by atoms with Gasteiger partial charge in [0.15, 0.2) is 5.13 Å². The van der Waals surface area contributed by atoms with E-state index in [4.69, 9.17) is 5.11 Å². The fourth-order valence-electron chi connectivity index (χ4n) is 1.98. The number of hydrogen-bond donors (Lipinski definition) is 2. The summed E-state index contributed by atoms with van der Waals surface area (Å²) in [6.07, 6.45) is 2.31. The molecule has 1 aromatic heterocycles. The standard InChI is InChI=1S/C13H11N3O4S/c17-12(18)9-5-8(3-4-11(9)16(19)20)14-13-15-10(6-21-13)7-1-2-7/h3-7H,1-2H2,(H,14,15)(H,17,18). The smallest absolute Gasteiger partial charge is 0.342 e. The van der Waals surface area contributed by atoms with Crippen molar-refractivity contribution in [3.05, 3.63) is 45.0 Å². The lowest BCUT2D eigenvalue weighted by atomic mass is 10.1. The van der Waals surface area contributed by atoms with Crippen LogP contribution >= 0.6 is 11.3 Å². The van der Waals surface area contributed by atoms with E-state index in [9.17, 15) is 14.9 Å². The molecule has 1 fully saturated rings. The third-order valence-corrected chi connectivity index (χ3v) is 3.97. The molecule has 0 radical (unpaired) electrons. The molecule has 2 aromatic rings. The summed E-state index contributed by atoms with van der Waals surface area (Å²) in [6.45, 7) is 0. The maximum absolute atomic E-state index is 11.1. The van der Waals surface area contributed by atoms with Gasteiger partial charge in [-0.3, -0.25) is 10.1 Å². The average molecular weight is 305 g/mol. The Hall–Kier alpha value is -2.48. The fraction of sp³-hybridized carbons (Fsp3) is 0.231. The number of benzene rings is 1. The molecule has 1 saturated carbocycles. The van der Waals surface area contributed by atoms with Gasteiger partial charge in [-0.05, 0) is 25.0 Å². The predicted molar refractivity (Wildman–Crippen MR) is 77.4 cm³/mol. The summed E-state index contributed by atoms with van der Waals surface area (Å²) in [7, 11) is 0. The van der Waals surface area contributed by atoms with Gasteiger partial charge in [-0.2, -0.15) is 0 Å². The first-order valence-electron chi connectivity index (χ1n) is 6.29. The van der Waals surface area contributed by atoms with Crippen molar-refractivity contribution in [2.45, 2.75) is 18.8 Å². The molecule has 3 rings (SSSR count). The molecule has 108 valence electrons. The van der Waals surface area contributed by atoms with Gasteiger partial charge in [0.05, 0.1) is 10.6 Å². The highest BCUT2D eigenvalue weighted by molar-refractivity contribution is 7.13. The van der Waals surface area contributed by atoms with E-state index in [0.29, 0.717) is 16.7 Å². The number of carboxylic acids is 1. The van der Waals surface area contributed by atoms with E-state index in [0.717, 1.165) is 18.5 Å². The fourth-order valence-corrected chi connectivity index (χ4v) is 2.79. The molecule has 1 heterocycles. The minimum atomic E-state index is -1.33. The monoisotopic (exact) mass is 305 g/mol. The molecule has 2 N–H and O–H groups in total. The topological polar surface area (TPSA) is 105 Å². The van der Waals surface area contributed by atoms with Crippen molar-refractivity contribution >= 4 is 33.8 Å². The second-order valence-electron chi connectivity index (χ2n) is 4.77. The Bertz CT molecular complexity index is 724. The first-order valence-corrected chi connectivity index (χ1v) is 7.17. The summed E-state index contributed by atoms with van der Waals surface area (Å²) in [5, 5.41) is 25.5. The Morgan fingerprint density at radius 2 is 2.24 bits per heavy atom. The van der Waals surface area contributed by atoms with Crippen molar-refractivity contribution in [1.82, 2.24) is 4.98 Å². The molecule has 0 atom stereocenters. The van der Waals surface area contributed by atoms with Crippen molar-refractivity contribution in [2.24, 2.45) is 0 Å². The highest BCUT2D eigenvalue weighted by Gasteiger charge is 2.26.